The molecule has 0 aliphatic heterocycles. The minimum absolute atomic E-state index is 0.0246. The van der Waals surface area contributed by atoms with E-state index >= 15 is 0 Å². The number of hydrogen-bond donors (Lipinski definition) is 0. The number of benzene rings is 3. The van der Waals surface area contributed by atoms with Gasteiger partial charge in [-0.1, -0.05) is 30.9 Å². The SMILES string of the molecule is C=C(C)C(=O)Oc1cc(-c2cc(OC=C(F)F)c(/C=C/c3ccc(OC(C)=O)c(OC)c3)cc2OC=C(F)F)ccc1OC. The Morgan fingerprint density at radius 3 is 1.91 bits per heavy atom. The normalized spacial score (nSPS) is 10.5. The molecule has 0 fully saturated rings. The molecule has 0 unspecified atom stereocenters. The summed E-state index contributed by atoms with van der Waals surface area (Å²) in [6.07, 6.45) is -0.841. The largest absolute Gasteiger partial charge is 0.493 e. The maximum atomic E-state index is 13.1. The van der Waals surface area contributed by atoms with Crippen molar-refractivity contribution in [1.82, 2.24) is 0 Å². The molecule has 0 spiro atoms. The van der Waals surface area contributed by atoms with Gasteiger partial charge in [0.1, 0.15) is 11.5 Å². The van der Waals surface area contributed by atoms with Gasteiger partial charge in [-0.25, -0.2) is 4.79 Å². The van der Waals surface area contributed by atoms with E-state index in [9.17, 15) is 27.2 Å². The first-order valence-corrected chi connectivity index (χ1v) is 12.6. The van der Waals surface area contributed by atoms with Gasteiger partial charge in [0, 0.05) is 23.6 Å². The molecule has 3 aromatic carbocycles. The lowest BCUT2D eigenvalue weighted by Gasteiger charge is -2.16. The van der Waals surface area contributed by atoms with Crippen LogP contribution in [0.1, 0.15) is 25.0 Å². The fourth-order valence-corrected chi connectivity index (χ4v) is 3.67. The fraction of sp³-hybridized carbons (Fsp3) is 0.125. The van der Waals surface area contributed by atoms with Gasteiger partial charge < -0.3 is 28.4 Å². The Hall–Kier alpha value is -5.52. The molecule has 0 aliphatic rings. The highest BCUT2D eigenvalue weighted by molar-refractivity contribution is 5.89. The van der Waals surface area contributed by atoms with Crippen LogP contribution in [0.25, 0.3) is 23.3 Å². The third kappa shape index (κ3) is 8.99. The second-order valence-corrected chi connectivity index (χ2v) is 8.81. The Kier molecular flexibility index (Phi) is 11.3. The summed E-state index contributed by atoms with van der Waals surface area (Å²) in [5.74, 6) is -0.960. The van der Waals surface area contributed by atoms with E-state index in [1.807, 2.05) is 0 Å². The van der Waals surface area contributed by atoms with Crippen molar-refractivity contribution in [2.45, 2.75) is 13.8 Å². The summed E-state index contributed by atoms with van der Waals surface area (Å²) in [5, 5.41) is 0. The number of hydrogen-bond acceptors (Lipinski definition) is 8. The number of esters is 2. The van der Waals surface area contributed by atoms with Crippen LogP contribution in [-0.2, 0) is 9.59 Å². The van der Waals surface area contributed by atoms with E-state index < -0.39 is 24.1 Å². The van der Waals surface area contributed by atoms with Gasteiger partial charge >= 0.3 is 24.1 Å². The van der Waals surface area contributed by atoms with Crippen molar-refractivity contribution >= 4 is 24.1 Å². The topological polar surface area (TPSA) is 89.5 Å². The van der Waals surface area contributed by atoms with E-state index in [2.05, 4.69) is 6.58 Å². The fourth-order valence-electron chi connectivity index (χ4n) is 3.67. The van der Waals surface area contributed by atoms with Gasteiger partial charge in [0.05, 0.1) is 14.2 Å². The van der Waals surface area contributed by atoms with Gasteiger partial charge in [0.15, 0.2) is 35.5 Å². The van der Waals surface area contributed by atoms with Gasteiger partial charge in [0.25, 0.3) is 0 Å². The molecule has 12 heteroatoms. The predicted octanol–water partition coefficient (Wildman–Crippen LogP) is 8.18. The van der Waals surface area contributed by atoms with Gasteiger partial charge in [-0.15, -0.1) is 0 Å². The van der Waals surface area contributed by atoms with Crippen molar-refractivity contribution in [1.29, 1.82) is 0 Å². The van der Waals surface area contributed by atoms with Crippen LogP contribution in [0.2, 0.25) is 0 Å². The second kappa shape index (κ2) is 15.1. The summed E-state index contributed by atoms with van der Waals surface area (Å²) in [4.78, 5) is 23.5. The van der Waals surface area contributed by atoms with E-state index in [-0.39, 0.29) is 69.3 Å². The van der Waals surface area contributed by atoms with Crippen LogP contribution in [0.15, 0.2) is 85.4 Å². The van der Waals surface area contributed by atoms with Crippen LogP contribution in [0, 0.1) is 0 Å². The minimum atomic E-state index is -2.14. The molecule has 3 aromatic rings. The summed E-state index contributed by atoms with van der Waals surface area (Å²) in [5.41, 5.74) is 1.19. The summed E-state index contributed by atoms with van der Waals surface area (Å²) >= 11 is 0. The zero-order valence-corrected chi connectivity index (χ0v) is 23.9. The summed E-state index contributed by atoms with van der Waals surface area (Å²) in [6, 6.07) is 11.6. The Labute approximate surface area is 250 Å². The molecule has 44 heavy (non-hydrogen) atoms. The van der Waals surface area contributed by atoms with Crippen LogP contribution in [0.4, 0.5) is 17.6 Å². The van der Waals surface area contributed by atoms with E-state index in [0.29, 0.717) is 5.56 Å². The van der Waals surface area contributed by atoms with Crippen LogP contribution >= 0.6 is 0 Å². The molecule has 0 bridgehead atoms. The van der Waals surface area contributed by atoms with E-state index in [4.69, 9.17) is 28.4 Å². The van der Waals surface area contributed by atoms with Crippen molar-refractivity contribution in [3.05, 3.63) is 96.5 Å². The van der Waals surface area contributed by atoms with Crippen LogP contribution in [0.3, 0.4) is 0 Å². The predicted molar refractivity (Wildman–Crippen MR) is 154 cm³/mol. The quantitative estimate of drug-likeness (QED) is 0.0504. The zero-order valence-electron chi connectivity index (χ0n) is 23.9. The smallest absolute Gasteiger partial charge is 0.338 e. The van der Waals surface area contributed by atoms with Crippen LogP contribution < -0.4 is 28.4 Å². The molecule has 0 saturated heterocycles. The summed E-state index contributed by atoms with van der Waals surface area (Å²) in [6.45, 7) is 6.21. The van der Waals surface area contributed by atoms with Gasteiger partial charge in [-0.05, 0) is 54.4 Å². The molecule has 0 aliphatic carbocycles. The number of rotatable bonds is 12. The number of carbonyl (C=O) groups excluding carboxylic acids is 2. The summed E-state index contributed by atoms with van der Waals surface area (Å²) < 4.78 is 83.6. The van der Waals surface area contributed by atoms with Crippen LogP contribution in [-0.4, -0.2) is 26.2 Å². The lowest BCUT2D eigenvalue weighted by Crippen LogP contribution is -2.09. The molecule has 0 aromatic heterocycles. The second-order valence-electron chi connectivity index (χ2n) is 8.81. The minimum Gasteiger partial charge on any atom is -0.493 e. The van der Waals surface area contributed by atoms with E-state index in [0.717, 1.165) is 0 Å². The Balaban J connectivity index is 2.19. The van der Waals surface area contributed by atoms with Crippen molar-refractivity contribution in [3.8, 4) is 45.6 Å². The molecule has 0 amide bonds. The van der Waals surface area contributed by atoms with Crippen molar-refractivity contribution in [2.24, 2.45) is 0 Å². The first-order valence-electron chi connectivity index (χ1n) is 12.6. The molecular weight excluding hydrogens is 588 g/mol. The van der Waals surface area contributed by atoms with Gasteiger partial charge in [-0.3, -0.25) is 4.79 Å². The Bertz CT molecular complexity index is 1650. The first kappa shape index (κ1) is 33.0. The summed E-state index contributed by atoms with van der Waals surface area (Å²) in [7, 11) is 2.73. The van der Waals surface area contributed by atoms with Gasteiger partial charge in [-0.2, -0.15) is 17.6 Å². The molecule has 230 valence electrons. The molecule has 0 saturated carbocycles. The monoisotopic (exact) mass is 614 g/mol. The van der Waals surface area contributed by atoms with E-state index in [1.54, 1.807) is 18.2 Å². The highest BCUT2D eigenvalue weighted by Crippen LogP contribution is 2.41. The number of methoxy groups -OCH3 is 2. The van der Waals surface area contributed by atoms with Crippen molar-refractivity contribution < 1.29 is 55.6 Å². The maximum absolute atomic E-state index is 13.1. The molecule has 3 rings (SSSR count). The zero-order chi connectivity index (χ0) is 32.4. The first-order chi connectivity index (χ1) is 20.9. The highest BCUT2D eigenvalue weighted by atomic mass is 19.3. The molecule has 8 nitrogen and oxygen atoms in total. The standard InChI is InChI=1S/C32H26F4O8/c1-18(2)32(38)44-29-13-21(9-11-24(29)39-4)23-15-26(41-16-30(33)34)22(14-27(23)42-17-31(35)36)8-6-20-7-10-25(43-19(3)37)28(12-20)40-5/h6-17H,1H2,2-5H3/b8-6+. The lowest BCUT2D eigenvalue weighted by atomic mass is 10.00. The van der Waals surface area contributed by atoms with Crippen LogP contribution in [0.5, 0.6) is 34.5 Å². The van der Waals surface area contributed by atoms with Crippen molar-refractivity contribution in [3.63, 3.8) is 0 Å². The molecular formula is C32H26F4O8. The van der Waals surface area contributed by atoms with Crippen molar-refractivity contribution in [2.75, 3.05) is 14.2 Å². The third-order valence-corrected chi connectivity index (χ3v) is 5.58. The molecule has 0 radical (unpaired) electrons. The van der Waals surface area contributed by atoms with Gasteiger partial charge in [0.2, 0.25) is 0 Å². The third-order valence-electron chi connectivity index (χ3n) is 5.58. The average molecular weight is 615 g/mol. The van der Waals surface area contributed by atoms with E-state index in [1.165, 1.54) is 70.5 Å². The Morgan fingerprint density at radius 2 is 1.32 bits per heavy atom. The molecule has 0 atom stereocenters. The number of ether oxygens (including phenoxy) is 6. The number of carbonyl (C=O) groups is 2. The Morgan fingerprint density at radius 1 is 0.682 bits per heavy atom. The average Bonchev–Trinajstić information content (AvgIpc) is 2.98. The lowest BCUT2D eigenvalue weighted by molar-refractivity contribution is -0.132. The highest BCUT2D eigenvalue weighted by Gasteiger charge is 2.18. The number of halogens is 4. The maximum Gasteiger partial charge on any atom is 0.338 e. The molecule has 0 heterocycles. The molecule has 0 N–H and O–H groups in total.